The largest absolute Gasteiger partial charge is 0.466 e. The zero-order valence-corrected chi connectivity index (χ0v) is 13.9. The van der Waals surface area contributed by atoms with Crippen molar-refractivity contribution in [3.8, 4) is 0 Å². The molecule has 6 heteroatoms. The molecule has 0 bridgehead atoms. The topological polar surface area (TPSA) is 38.8 Å². The average molecular weight is 327 g/mol. The van der Waals surface area contributed by atoms with Crippen LogP contribution in [0, 0.1) is 17.6 Å². The van der Waals surface area contributed by atoms with E-state index in [1.807, 2.05) is 18.7 Å². The number of ether oxygens (including phenoxy) is 2. The molecule has 0 saturated carbocycles. The van der Waals surface area contributed by atoms with Gasteiger partial charge in [-0.2, -0.15) is 0 Å². The van der Waals surface area contributed by atoms with Gasteiger partial charge < -0.3 is 9.47 Å². The van der Waals surface area contributed by atoms with Crippen LogP contribution in [0.1, 0.15) is 32.3 Å². The lowest BCUT2D eigenvalue weighted by Crippen LogP contribution is -2.44. The van der Waals surface area contributed by atoms with Crippen molar-refractivity contribution in [2.24, 2.45) is 5.92 Å². The fourth-order valence-electron chi connectivity index (χ4n) is 2.98. The lowest BCUT2D eigenvalue weighted by molar-refractivity contribution is -0.149. The van der Waals surface area contributed by atoms with Gasteiger partial charge in [0, 0.05) is 32.2 Å². The number of carbonyl (C=O) groups excluding carboxylic acids is 1. The summed E-state index contributed by atoms with van der Waals surface area (Å²) in [6.45, 7) is 6.62. The van der Waals surface area contributed by atoms with Crippen LogP contribution in [0.3, 0.4) is 0 Å². The maximum absolute atomic E-state index is 14.2. The first-order chi connectivity index (χ1) is 10.8. The Kier molecular flexibility index (Phi) is 5.37. The lowest BCUT2D eigenvalue weighted by atomic mass is 9.88. The highest BCUT2D eigenvalue weighted by Crippen LogP contribution is 2.38. The molecule has 0 spiro atoms. The SMILES string of the molecule is CCOC(=O)[C@@H]1CN(C(C)(C)OC)C[C@H]1c1ccc(F)cc1F. The second-order valence-electron chi connectivity index (χ2n) is 6.19. The highest BCUT2D eigenvalue weighted by atomic mass is 19.1. The summed E-state index contributed by atoms with van der Waals surface area (Å²) >= 11 is 0. The molecule has 128 valence electrons. The monoisotopic (exact) mass is 327 g/mol. The Balaban J connectivity index is 2.34. The Bertz CT molecular complexity index is 577. The van der Waals surface area contributed by atoms with E-state index in [0.29, 0.717) is 18.7 Å². The normalized spacial score (nSPS) is 22.3. The van der Waals surface area contributed by atoms with E-state index in [4.69, 9.17) is 9.47 Å². The van der Waals surface area contributed by atoms with Crippen LogP contribution in [-0.2, 0) is 14.3 Å². The number of esters is 1. The van der Waals surface area contributed by atoms with Gasteiger partial charge in [-0.3, -0.25) is 9.69 Å². The second-order valence-corrected chi connectivity index (χ2v) is 6.19. The van der Waals surface area contributed by atoms with Gasteiger partial charge in [-0.1, -0.05) is 6.07 Å². The molecule has 2 atom stereocenters. The van der Waals surface area contributed by atoms with Crippen molar-refractivity contribution in [3.05, 3.63) is 35.4 Å². The number of hydrogen-bond acceptors (Lipinski definition) is 4. The van der Waals surface area contributed by atoms with E-state index in [9.17, 15) is 13.6 Å². The Morgan fingerprint density at radius 3 is 2.61 bits per heavy atom. The molecule has 1 aliphatic rings. The summed E-state index contributed by atoms with van der Waals surface area (Å²) in [5, 5.41) is 0. The molecule has 4 nitrogen and oxygen atoms in total. The minimum absolute atomic E-state index is 0.265. The molecule has 1 saturated heterocycles. The highest BCUT2D eigenvalue weighted by molar-refractivity contribution is 5.74. The summed E-state index contributed by atoms with van der Waals surface area (Å²) in [5.74, 6) is -2.54. The predicted octanol–water partition coefficient (Wildman–Crippen LogP) is 2.93. The number of halogens is 2. The minimum atomic E-state index is -0.638. The molecule has 0 aliphatic carbocycles. The summed E-state index contributed by atoms with van der Waals surface area (Å²) in [5.41, 5.74) is -0.255. The van der Waals surface area contributed by atoms with Crippen molar-refractivity contribution in [1.29, 1.82) is 0 Å². The lowest BCUT2D eigenvalue weighted by Gasteiger charge is -2.34. The second kappa shape index (κ2) is 6.93. The Labute approximate surface area is 135 Å². The van der Waals surface area contributed by atoms with Gasteiger partial charge in [-0.15, -0.1) is 0 Å². The maximum Gasteiger partial charge on any atom is 0.310 e. The molecule has 1 heterocycles. The van der Waals surface area contributed by atoms with Crippen LogP contribution in [0.2, 0.25) is 0 Å². The Hall–Kier alpha value is -1.53. The molecule has 2 rings (SSSR count). The first-order valence-corrected chi connectivity index (χ1v) is 7.72. The maximum atomic E-state index is 14.2. The minimum Gasteiger partial charge on any atom is -0.466 e. The number of nitrogens with zero attached hydrogens (tertiary/aromatic N) is 1. The molecule has 23 heavy (non-hydrogen) atoms. The number of carbonyl (C=O) groups is 1. The zero-order chi connectivity index (χ0) is 17.2. The van der Waals surface area contributed by atoms with Gasteiger partial charge in [0.1, 0.15) is 17.4 Å². The highest BCUT2D eigenvalue weighted by Gasteiger charge is 2.45. The van der Waals surface area contributed by atoms with Crippen LogP contribution < -0.4 is 0 Å². The Morgan fingerprint density at radius 2 is 2.04 bits per heavy atom. The van der Waals surface area contributed by atoms with Crippen molar-refractivity contribution < 1.29 is 23.0 Å². The molecule has 0 amide bonds. The van der Waals surface area contributed by atoms with Crippen LogP contribution in [-0.4, -0.2) is 43.4 Å². The van der Waals surface area contributed by atoms with Gasteiger partial charge >= 0.3 is 5.97 Å². The molecule has 1 fully saturated rings. The number of methoxy groups -OCH3 is 1. The van der Waals surface area contributed by atoms with Crippen LogP contribution in [0.4, 0.5) is 8.78 Å². The summed E-state index contributed by atoms with van der Waals surface area (Å²) in [6.07, 6.45) is 0. The van der Waals surface area contributed by atoms with Gasteiger partial charge in [0.25, 0.3) is 0 Å². The van der Waals surface area contributed by atoms with Crippen LogP contribution in [0.5, 0.6) is 0 Å². The number of rotatable bonds is 5. The molecule has 1 aromatic carbocycles. The van der Waals surface area contributed by atoms with Crippen molar-refractivity contribution in [2.75, 3.05) is 26.8 Å². The summed E-state index contributed by atoms with van der Waals surface area (Å²) in [4.78, 5) is 14.3. The first-order valence-electron chi connectivity index (χ1n) is 7.72. The third kappa shape index (κ3) is 3.70. The number of likely N-dealkylation sites (tertiary alicyclic amines) is 1. The van der Waals surface area contributed by atoms with E-state index in [-0.39, 0.29) is 12.6 Å². The van der Waals surface area contributed by atoms with E-state index < -0.39 is 29.2 Å². The molecule has 0 aromatic heterocycles. The molecule has 1 aromatic rings. The first kappa shape index (κ1) is 17.8. The van der Waals surface area contributed by atoms with E-state index >= 15 is 0 Å². The van der Waals surface area contributed by atoms with E-state index in [1.54, 1.807) is 14.0 Å². The van der Waals surface area contributed by atoms with Gasteiger partial charge in [0.2, 0.25) is 0 Å². The van der Waals surface area contributed by atoms with Gasteiger partial charge in [0.15, 0.2) is 0 Å². The average Bonchev–Trinajstić information content (AvgIpc) is 2.93. The van der Waals surface area contributed by atoms with Crippen LogP contribution in [0.25, 0.3) is 0 Å². The number of hydrogen-bond donors (Lipinski definition) is 0. The number of benzene rings is 1. The molecule has 1 aliphatic heterocycles. The third-order valence-electron chi connectivity index (χ3n) is 4.53. The standard InChI is InChI=1S/C17H23F2NO3/c1-5-23-16(21)14-10-20(17(2,3)22-4)9-13(14)12-7-6-11(18)8-15(12)19/h6-8,13-14H,5,9-10H2,1-4H3/t13-,14+/m0/s1. The molecular weight excluding hydrogens is 304 g/mol. The van der Waals surface area contributed by atoms with Crippen LogP contribution in [0.15, 0.2) is 18.2 Å². The van der Waals surface area contributed by atoms with Gasteiger partial charge in [-0.05, 0) is 32.4 Å². The van der Waals surface area contributed by atoms with Crippen molar-refractivity contribution in [1.82, 2.24) is 4.90 Å². The summed E-state index contributed by atoms with van der Waals surface area (Å²) in [7, 11) is 1.59. The van der Waals surface area contributed by atoms with Crippen molar-refractivity contribution in [3.63, 3.8) is 0 Å². The van der Waals surface area contributed by atoms with Crippen LogP contribution >= 0.6 is 0 Å². The summed E-state index contributed by atoms with van der Waals surface area (Å²) < 4.78 is 38.0. The van der Waals surface area contributed by atoms with Gasteiger partial charge in [-0.25, -0.2) is 8.78 Å². The predicted molar refractivity (Wildman–Crippen MR) is 81.9 cm³/mol. The molecule has 0 radical (unpaired) electrons. The van der Waals surface area contributed by atoms with Crippen molar-refractivity contribution >= 4 is 5.97 Å². The van der Waals surface area contributed by atoms with Crippen molar-refractivity contribution in [2.45, 2.75) is 32.4 Å². The van der Waals surface area contributed by atoms with E-state index in [1.165, 1.54) is 12.1 Å². The summed E-state index contributed by atoms with van der Waals surface area (Å²) in [6, 6.07) is 3.47. The van der Waals surface area contributed by atoms with Gasteiger partial charge in [0.05, 0.1) is 12.5 Å². The third-order valence-corrected chi connectivity index (χ3v) is 4.53. The molecular formula is C17H23F2NO3. The quantitative estimate of drug-likeness (QED) is 0.780. The fourth-order valence-corrected chi connectivity index (χ4v) is 2.98. The fraction of sp³-hybridized carbons (Fsp3) is 0.588. The zero-order valence-electron chi connectivity index (χ0n) is 13.9. The smallest absolute Gasteiger partial charge is 0.310 e. The van der Waals surface area contributed by atoms with E-state index in [0.717, 1.165) is 6.07 Å². The molecule has 0 unspecified atom stereocenters. The molecule has 0 N–H and O–H groups in total. The Morgan fingerprint density at radius 1 is 1.35 bits per heavy atom. The van der Waals surface area contributed by atoms with E-state index in [2.05, 4.69) is 0 Å².